The number of methoxy groups -OCH3 is 1. The zero-order valence-corrected chi connectivity index (χ0v) is 9.63. The number of nitrogens with one attached hydrogen (secondary N) is 1. The Kier molecular flexibility index (Phi) is 3.76. The van der Waals surface area contributed by atoms with E-state index in [0.717, 1.165) is 17.0 Å². The molecule has 0 spiro atoms. The van der Waals surface area contributed by atoms with E-state index < -0.39 is 0 Å². The van der Waals surface area contributed by atoms with Gasteiger partial charge in [0.15, 0.2) is 0 Å². The van der Waals surface area contributed by atoms with Crippen molar-refractivity contribution < 1.29 is 4.74 Å². The van der Waals surface area contributed by atoms with Crippen LogP contribution in [0.4, 0.5) is 5.69 Å². The Hall–Kier alpha value is -2.29. The lowest BCUT2D eigenvalue weighted by atomic mass is 10.2. The summed E-state index contributed by atoms with van der Waals surface area (Å²) in [5.41, 5.74) is 4.86. The Morgan fingerprint density at radius 1 is 1.00 bits per heavy atom. The van der Waals surface area contributed by atoms with E-state index in [0.29, 0.717) is 0 Å². The fourth-order valence-electron chi connectivity index (χ4n) is 1.46. The third-order valence-electron chi connectivity index (χ3n) is 2.31. The molecule has 0 unspecified atom stereocenters. The van der Waals surface area contributed by atoms with E-state index >= 15 is 0 Å². The molecule has 2 aromatic rings. The van der Waals surface area contributed by atoms with Crippen molar-refractivity contribution >= 4 is 11.9 Å². The molecule has 86 valence electrons. The molecule has 3 heteroatoms. The molecule has 2 rings (SSSR count). The summed E-state index contributed by atoms with van der Waals surface area (Å²) in [5, 5.41) is 4.17. The van der Waals surface area contributed by atoms with Crippen molar-refractivity contribution in [2.45, 2.75) is 0 Å². The maximum atomic E-state index is 5.23. The summed E-state index contributed by atoms with van der Waals surface area (Å²) in [4.78, 5) is 0. The second kappa shape index (κ2) is 5.70. The van der Waals surface area contributed by atoms with E-state index in [1.807, 2.05) is 54.6 Å². The number of para-hydroxylation sites is 2. The maximum absolute atomic E-state index is 5.23. The summed E-state index contributed by atoms with van der Waals surface area (Å²) in [5.74, 6) is 0.811. The normalized spacial score (nSPS) is 10.4. The van der Waals surface area contributed by atoms with Crippen LogP contribution in [0.15, 0.2) is 59.7 Å². The molecule has 0 aromatic heterocycles. The van der Waals surface area contributed by atoms with Crippen molar-refractivity contribution in [3.05, 3.63) is 60.2 Å². The third kappa shape index (κ3) is 3.08. The van der Waals surface area contributed by atoms with Crippen molar-refractivity contribution in [1.29, 1.82) is 0 Å². The van der Waals surface area contributed by atoms with Gasteiger partial charge in [0.25, 0.3) is 0 Å². The van der Waals surface area contributed by atoms with Gasteiger partial charge in [-0.2, -0.15) is 5.10 Å². The van der Waals surface area contributed by atoms with Gasteiger partial charge in [0.1, 0.15) is 5.75 Å². The number of hydrogen-bond acceptors (Lipinski definition) is 3. The van der Waals surface area contributed by atoms with Crippen LogP contribution in [-0.4, -0.2) is 13.3 Å². The summed E-state index contributed by atoms with van der Waals surface area (Å²) >= 11 is 0. The highest BCUT2D eigenvalue weighted by Gasteiger charge is 1.96. The fourth-order valence-corrected chi connectivity index (χ4v) is 1.46. The Bertz CT molecular complexity index is 495. The molecule has 0 heterocycles. The third-order valence-corrected chi connectivity index (χ3v) is 2.31. The van der Waals surface area contributed by atoms with Crippen molar-refractivity contribution in [3.8, 4) is 5.75 Å². The quantitative estimate of drug-likeness (QED) is 0.642. The van der Waals surface area contributed by atoms with Crippen LogP contribution < -0.4 is 10.2 Å². The van der Waals surface area contributed by atoms with Crippen LogP contribution in [0.3, 0.4) is 0 Å². The molecule has 0 aliphatic rings. The first-order valence-electron chi connectivity index (χ1n) is 5.37. The lowest BCUT2D eigenvalue weighted by Gasteiger charge is -2.03. The molecular formula is C14H14N2O. The standard InChI is InChI=1S/C14H14N2O/c1-17-14-10-6-5-7-12(14)11-15-16-13-8-3-2-4-9-13/h2-11,16H,1H3. The number of hydrazone groups is 1. The first kappa shape index (κ1) is 11.2. The van der Waals surface area contributed by atoms with Crippen LogP contribution >= 0.6 is 0 Å². The zero-order valence-electron chi connectivity index (χ0n) is 9.63. The van der Waals surface area contributed by atoms with Gasteiger partial charge in [0.05, 0.1) is 19.0 Å². The second-order valence-electron chi connectivity index (χ2n) is 3.48. The van der Waals surface area contributed by atoms with E-state index in [9.17, 15) is 0 Å². The molecule has 0 aliphatic carbocycles. The van der Waals surface area contributed by atoms with Gasteiger partial charge in [-0.3, -0.25) is 5.43 Å². The van der Waals surface area contributed by atoms with Crippen molar-refractivity contribution in [2.75, 3.05) is 12.5 Å². The molecule has 0 fully saturated rings. The van der Waals surface area contributed by atoms with Crippen molar-refractivity contribution in [2.24, 2.45) is 5.10 Å². The minimum atomic E-state index is 0.811. The van der Waals surface area contributed by atoms with Gasteiger partial charge in [0.2, 0.25) is 0 Å². The average Bonchev–Trinajstić information content (AvgIpc) is 2.40. The Labute approximate surface area is 101 Å². The van der Waals surface area contributed by atoms with Gasteiger partial charge in [0, 0.05) is 5.56 Å². The smallest absolute Gasteiger partial charge is 0.127 e. The first-order valence-corrected chi connectivity index (χ1v) is 5.37. The number of nitrogens with zero attached hydrogens (tertiary/aromatic N) is 1. The molecule has 0 saturated carbocycles. The molecule has 3 nitrogen and oxygen atoms in total. The van der Waals surface area contributed by atoms with Gasteiger partial charge in [-0.1, -0.05) is 30.3 Å². The number of benzene rings is 2. The van der Waals surface area contributed by atoms with Crippen molar-refractivity contribution in [1.82, 2.24) is 0 Å². The lowest BCUT2D eigenvalue weighted by molar-refractivity contribution is 0.414. The summed E-state index contributed by atoms with van der Waals surface area (Å²) in [7, 11) is 1.65. The average molecular weight is 226 g/mol. The summed E-state index contributed by atoms with van der Waals surface area (Å²) < 4.78 is 5.23. The lowest BCUT2D eigenvalue weighted by Crippen LogP contribution is -1.93. The number of hydrogen-bond donors (Lipinski definition) is 1. The monoisotopic (exact) mass is 226 g/mol. The van der Waals surface area contributed by atoms with E-state index in [-0.39, 0.29) is 0 Å². The van der Waals surface area contributed by atoms with Crippen LogP contribution in [0.2, 0.25) is 0 Å². The van der Waals surface area contributed by atoms with Gasteiger partial charge >= 0.3 is 0 Å². The first-order chi connectivity index (χ1) is 8.40. The van der Waals surface area contributed by atoms with E-state index in [1.54, 1.807) is 13.3 Å². The molecule has 0 aliphatic heterocycles. The number of rotatable bonds is 4. The summed E-state index contributed by atoms with van der Waals surface area (Å²) in [6.07, 6.45) is 1.74. The summed E-state index contributed by atoms with van der Waals surface area (Å²) in [6, 6.07) is 17.5. The van der Waals surface area contributed by atoms with Gasteiger partial charge in [-0.25, -0.2) is 0 Å². The fraction of sp³-hybridized carbons (Fsp3) is 0.0714. The van der Waals surface area contributed by atoms with Gasteiger partial charge in [-0.05, 0) is 24.3 Å². The molecule has 0 bridgehead atoms. The number of ether oxygens (including phenoxy) is 1. The largest absolute Gasteiger partial charge is 0.496 e. The highest BCUT2D eigenvalue weighted by atomic mass is 16.5. The molecule has 0 amide bonds. The predicted molar refractivity (Wildman–Crippen MR) is 70.7 cm³/mol. The topological polar surface area (TPSA) is 33.6 Å². The van der Waals surface area contributed by atoms with Gasteiger partial charge in [-0.15, -0.1) is 0 Å². The van der Waals surface area contributed by atoms with E-state index in [2.05, 4.69) is 10.5 Å². The number of anilines is 1. The van der Waals surface area contributed by atoms with Crippen LogP contribution in [0, 0.1) is 0 Å². The molecule has 0 atom stereocenters. The SMILES string of the molecule is COc1ccccc1C=NNc1ccccc1. The zero-order chi connectivity index (χ0) is 11.9. The highest BCUT2D eigenvalue weighted by molar-refractivity contribution is 5.83. The maximum Gasteiger partial charge on any atom is 0.127 e. The molecule has 17 heavy (non-hydrogen) atoms. The highest BCUT2D eigenvalue weighted by Crippen LogP contribution is 2.14. The Morgan fingerprint density at radius 3 is 2.47 bits per heavy atom. The van der Waals surface area contributed by atoms with Gasteiger partial charge < -0.3 is 4.74 Å². The van der Waals surface area contributed by atoms with Crippen molar-refractivity contribution in [3.63, 3.8) is 0 Å². The van der Waals surface area contributed by atoms with E-state index in [4.69, 9.17) is 4.74 Å². The summed E-state index contributed by atoms with van der Waals surface area (Å²) in [6.45, 7) is 0. The Balaban J connectivity index is 2.06. The molecule has 2 aromatic carbocycles. The van der Waals surface area contributed by atoms with Crippen LogP contribution in [0.25, 0.3) is 0 Å². The van der Waals surface area contributed by atoms with Crippen LogP contribution in [0.5, 0.6) is 5.75 Å². The second-order valence-corrected chi connectivity index (χ2v) is 3.48. The van der Waals surface area contributed by atoms with Crippen LogP contribution in [-0.2, 0) is 0 Å². The molecule has 0 saturated heterocycles. The Morgan fingerprint density at radius 2 is 1.71 bits per heavy atom. The minimum Gasteiger partial charge on any atom is -0.496 e. The van der Waals surface area contributed by atoms with Crippen LogP contribution in [0.1, 0.15) is 5.56 Å². The molecule has 1 N–H and O–H groups in total. The molecule has 0 radical (unpaired) electrons. The van der Waals surface area contributed by atoms with E-state index in [1.165, 1.54) is 0 Å². The predicted octanol–water partition coefficient (Wildman–Crippen LogP) is 3.14. The molecular weight excluding hydrogens is 212 g/mol. The minimum absolute atomic E-state index is 0.811.